The van der Waals surface area contributed by atoms with Gasteiger partial charge < -0.3 is 14.9 Å². The Morgan fingerprint density at radius 1 is 1.17 bits per heavy atom. The Morgan fingerprint density at radius 2 is 1.90 bits per heavy atom. The minimum atomic E-state index is -4.28. The number of sulfonamides is 1. The number of hydrogen-bond acceptors (Lipinski definition) is 7. The van der Waals surface area contributed by atoms with Crippen LogP contribution < -0.4 is 19.9 Å². The summed E-state index contributed by atoms with van der Waals surface area (Å²) in [5.41, 5.74) is 1.79. The molecule has 0 bridgehead atoms. The SMILES string of the molecule is O=C(O)CN1C(=O)COc2ccc(S(=O)(=O)NNC(=O)c3ccccc3O)cc21. The van der Waals surface area contributed by atoms with Crippen LogP contribution in [0.25, 0.3) is 0 Å². The number of anilines is 1. The Bertz CT molecular complexity index is 1100. The number of aromatic hydroxyl groups is 1. The van der Waals surface area contributed by atoms with Crippen LogP contribution in [0, 0.1) is 0 Å². The quantitative estimate of drug-likeness (QED) is 0.467. The number of hydrazine groups is 1. The molecule has 2 amide bonds. The Labute approximate surface area is 164 Å². The van der Waals surface area contributed by atoms with Crippen molar-refractivity contribution in [3.8, 4) is 11.5 Å². The lowest BCUT2D eigenvalue weighted by atomic mass is 10.2. The molecule has 4 N–H and O–H groups in total. The van der Waals surface area contributed by atoms with E-state index in [1.165, 1.54) is 36.4 Å². The van der Waals surface area contributed by atoms with Gasteiger partial charge in [-0.15, -0.1) is 4.83 Å². The molecular weight excluding hydrogens is 406 g/mol. The van der Waals surface area contributed by atoms with Crippen molar-refractivity contribution in [1.82, 2.24) is 10.3 Å². The summed E-state index contributed by atoms with van der Waals surface area (Å²) in [4.78, 5) is 37.4. The first kappa shape index (κ1) is 20.1. The van der Waals surface area contributed by atoms with E-state index in [-0.39, 0.29) is 34.3 Å². The lowest BCUT2D eigenvalue weighted by Gasteiger charge is -2.28. The van der Waals surface area contributed by atoms with E-state index in [1.54, 1.807) is 0 Å². The van der Waals surface area contributed by atoms with Crippen LogP contribution in [0.3, 0.4) is 0 Å². The fourth-order valence-corrected chi connectivity index (χ4v) is 3.42. The van der Waals surface area contributed by atoms with E-state index in [2.05, 4.69) is 0 Å². The van der Waals surface area contributed by atoms with E-state index < -0.39 is 34.4 Å². The number of carboxylic acids is 1. The highest BCUT2D eigenvalue weighted by atomic mass is 32.2. The van der Waals surface area contributed by atoms with Gasteiger partial charge in [-0.3, -0.25) is 24.7 Å². The number of hydrogen-bond donors (Lipinski definition) is 4. The number of nitrogens with zero attached hydrogens (tertiary/aromatic N) is 1. The molecule has 1 heterocycles. The first-order chi connectivity index (χ1) is 13.7. The number of benzene rings is 2. The minimum absolute atomic E-state index is 0.0291. The highest BCUT2D eigenvalue weighted by Crippen LogP contribution is 2.34. The molecule has 2 aromatic carbocycles. The highest BCUT2D eigenvalue weighted by molar-refractivity contribution is 7.89. The number of ether oxygens (including phenoxy) is 1. The summed E-state index contributed by atoms with van der Waals surface area (Å²) in [7, 11) is -4.28. The van der Waals surface area contributed by atoms with Gasteiger partial charge in [-0.1, -0.05) is 12.1 Å². The van der Waals surface area contributed by atoms with Gasteiger partial charge in [0.05, 0.1) is 16.1 Å². The summed E-state index contributed by atoms with van der Waals surface area (Å²) in [6.07, 6.45) is 0. The Kier molecular flexibility index (Phi) is 5.39. The third-order valence-electron chi connectivity index (χ3n) is 3.92. The van der Waals surface area contributed by atoms with Gasteiger partial charge in [0.15, 0.2) is 6.61 Å². The normalized spacial score (nSPS) is 13.4. The number of para-hydroxylation sites is 1. The molecule has 0 saturated heterocycles. The van der Waals surface area contributed by atoms with E-state index in [0.29, 0.717) is 0 Å². The first-order valence-electron chi connectivity index (χ1n) is 8.08. The number of carbonyl (C=O) groups is 3. The topological polar surface area (TPSA) is 162 Å². The van der Waals surface area contributed by atoms with Crippen LogP contribution in [0.2, 0.25) is 0 Å². The van der Waals surface area contributed by atoms with Crippen LogP contribution in [0.15, 0.2) is 47.4 Å². The fraction of sp³-hybridized carbons (Fsp3) is 0.118. The van der Waals surface area contributed by atoms with Crippen molar-refractivity contribution in [2.24, 2.45) is 0 Å². The Hall–Kier alpha value is -3.64. The number of rotatable bonds is 6. The second-order valence-corrected chi connectivity index (χ2v) is 7.55. The summed E-state index contributed by atoms with van der Waals surface area (Å²) in [5.74, 6) is -3.01. The molecular formula is C17H15N3O8S. The number of phenolic OH excluding ortho intramolecular Hbond substituents is 1. The number of nitrogens with one attached hydrogen (secondary N) is 2. The zero-order valence-corrected chi connectivity index (χ0v) is 15.5. The van der Waals surface area contributed by atoms with Crippen molar-refractivity contribution >= 4 is 33.5 Å². The van der Waals surface area contributed by atoms with Gasteiger partial charge >= 0.3 is 5.97 Å². The molecule has 12 heteroatoms. The van der Waals surface area contributed by atoms with Gasteiger partial charge in [-0.05, 0) is 30.3 Å². The van der Waals surface area contributed by atoms with Crippen LogP contribution in [-0.4, -0.2) is 49.6 Å². The van der Waals surface area contributed by atoms with E-state index in [4.69, 9.17) is 9.84 Å². The summed E-state index contributed by atoms with van der Waals surface area (Å²) >= 11 is 0. The molecule has 1 aliphatic rings. The van der Waals surface area contributed by atoms with Gasteiger partial charge in [-0.2, -0.15) is 0 Å². The first-order valence-corrected chi connectivity index (χ1v) is 9.56. The molecule has 0 fully saturated rings. The van der Waals surface area contributed by atoms with E-state index in [1.807, 2.05) is 10.3 Å². The summed E-state index contributed by atoms with van der Waals surface area (Å²) < 4.78 is 30.2. The average Bonchev–Trinajstić information content (AvgIpc) is 2.68. The largest absolute Gasteiger partial charge is 0.507 e. The molecule has 152 valence electrons. The molecule has 0 radical (unpaired) electrons. The van der Waals surface area contributed by atoms with Crippen molar-refractivity contribution in [2.45, 2.75) is 4.90 Å². The van der Waals surface area contributed by atoms with Crippen molar-refractivity contribution in [3.63, 3.8) is 0 Å². The summed E-state index contributed by atoms with van der Waals surface area (Å²) in [6.45, 7) is -1.04. The monoisotopic (exact) mass is 421 g/mol. The maximum atomic E-state index is 12.5. The zero-order chi connectivity index (χ0) is 21.2. The number of fused-ring (bicyclic) bond motifs is 1. The number of aliphatic carboxylic acids is 1. The van der Waals surface area contributed by atoms with Gasteiger partial charge in [0.25, 0.3) is 21.8 Å². The molecule has 1 aliphatic heterocycles. The van der Waals surface area contributed by atoms with Gasteiger partial charge in [0, 0.05) is 0 Å². The van der Waals surface area contributed by atoms with Gasteiger partial charge in [0.2, 0.25) is 0 Å². The molecule has 3 rings (SSSR count). The predicted molar refractivity (Wildman–Crippen MR) is 97.8 cm³/mol. The molecule has 0 saturated carbocycles. The number of amides is 2. The van der Waals surface area contributed by atoms with Crippen molar-refractivity contribution in [1.29, 1.82) is 0 Å². The predicted octanol–water partition coefficient (Wildman–Crippen LogP) is -0.174. The maximum absolute atomic E-state index is 12.5. The molecule has 0 atom stereocenters. The van der Waals surface area contributed by atoms with Gasteiger partial charge in [-0.25, -0.2) is 8.42 Å². The highest BCUT2D eigenvalue weighted by Gasteiger charge is 2.29. The third kappa shape index (κ3) is 4.28. The lowest BCUT2D eigenvalue weighted by molar-refractivity contribution is -0.137. The van der Waals surface area contributed by atoms with E-state index in [9.17, 15) is 27.9 Å². The molecule has 0 aromatic heterocycles. The smallest absolute Gasteiger partial charge is 0.323 e. The summed E-state index contributed by atoms with van der Waals surface area (Å²) in [5, 5.41) is 18.6. The molecule has 29 heavy (non-hydrogen) atoms. The van der Waals surface area contributed by atoms with Gasteiger partial charge in [0.1, 0.15) is 18.0 Å². The zero-order valence-electron chi connectivity index (χ0n) is 14.7. The van der Waals surface area contributed by atoms with Crippen molar-refractivity contribution in [2.75, 3.05) is 18.1 Å². The van der Waals surface area contributed by atoms with Crippen LogP contribution in [-0.2, 0) is 19.6 Å². The Balaban J connectivity index is 1.83. The molecule has 2 aromatic rings. The standard InChI is InChI=1S/C17H15N3O8S/c21-13-4-2-1-3-11(13)17(25)18-19-29(26,27)10-5-6-14-12(7-10)20(8-16(23)24)15(22)9-28-14/h1-7,19,21H,8-9H2,(H,18,25)(H,23,24). The van der Waals surface area contributed by atoms with Crippen molar-refractivity contribution in [3.05, 3.63) is 48.0 Å². The van der Waals surface area contributed by atoms with Crippen LogP contribution >= 0.6 is 0 Å². The molecule has 0 unspecified atom stereocenters. The van der Waals surface area contributed by atoms with Crippen molar-refractivity contribution < 1.29 is 37.8 Å². The van der Waals surface area contributed by atoms with Crippen LogP contribution in [0.4, 0.5) is 5.69 Å². The second-order valence-electron chi connectivity index (χ2n) is 5.87. The lowest BCUT2D eigenvalue weighted by Crippen LogP contribution is -2.43. The number of carbonyl (C=O) groups excluding carboxylic acids is 2. The van der Waals surface area contributed by atoms with E-state index >= 15 is 0 Å². The molecule has 11 nitrogen and oxygen atoms in total. The van der Waals surface area contributed by atoms with Crippen LogP contribution in [0.5, 0.6) is 11.5 Å². The average molecular weight is 421 g/mol. The second kappa shape index (κ2) is 7.77. The molecule has 0 aliphatic carbocycles. The maximum Gasteiger partial charge on any atom is 0.323 e. The van der Waals surface area contributed by atoms with Crippen LogP contribution in [0.1, 0.15) is 10.4 Å². The Morgan fingerprint density at radius 3 is 2.59 bits per heavy atom. The van der Waals surface area contributed by atoms with E-state index in [0.717, 1.165) is 11.0 Å². The minimum Gasteiger partial charge on any atom is -0.507 e. The third-order valence-corrected chi connectivity index (χ3v) is 5.17. The number of phenols is 1. The summed E-state index contributed by atoms with van der Waals surface area (Å²) in [6, 6.07) is 9.05. The number of carboxylic acid groups (broad SMARTS) is 1. The molecule has 0 spiro atoms. The fourth-order valence-electron chi connectivity index (χ4n) is 2.56.